The first-order valence-electron chi connectivity index (χ1n) is 8.92. The van der Waals surface area contributed by atoms with Gasteiger partial charge in [-0.1, -0.05) is 54.6 Å². The summed E-state index contributed by atoms with van der Waals surface area (Å²) in [5.41, 5.74) is 3.14. The van der Waals surface area contributed by atoms with Crippen LogP contribution in [0, 0.1) is 11.3 Å². The van der Waals surface area contributed by atoms with Crippen molar-refractivity contribution in [3.05, 3.63) is 84.4 Å². The Bertz CT molecular complexity index is 1190. The molecule has 0 fully saturated rings. The van der Waals surface area contributed by atoms with Crippen molar-refractivity contribution < 1.29 is 10.0 Å². The van der Waals surface area contributed by atoms with Gasteiger partial charge in [0.25, 0.3) is 0 Å². The smallest absolute Gasteiger partial charge is 0.423 e. The van der Waals surface area contributed by atoms with E-state index in [4.69, 9.17) is 5.26 Å². The zero-order chi connectivity index (χ0) is 20.2. The van der Waals surface area contributed by atoms with Gasteiger partial charge in [0.15, 0.2) is 17.5 Å². The molecular weight excluding hydrogens is 363 g/mol. The topological polar surface area (TPSA) is 103 Å². The maximum absolute atomic E-state index is 9.49. The summed E-state index contributed by atoms with van der Waals surface area (Å²) in [5.74, 6) is 1.39. The van der Waals surface area contributed by atoms with Crippen molar-refractivity contribution in [2.45, 2.75) is 0 Å². The molecule has 0 radical (unpaired) electrons. The minimum absolute atomic E-state index is 0.351. The molecule has 7 heteroatoms. The van der Waals surface area contributed by atoms with Crippen LogP contribution >= 0.6 is 0 Å². The Morgan fingerprint density at radius 2 is 1.21 bits per heavy atom. The van der Waals surface area contributed by atoms with Crippen molar-refractivity contribution in [3.8, 4) is 40.2 Å². The van der Waals surface area contributed by atoms with Crippen LogP contribution in [0.2, 0.25) is 0 Å². The lowest BCUT2D eigenvalue weighted by molar-refractivity contribution is 0.426. The minimum atomic E-state index is -1.58. The standard InChI is InChI=1S/C22H15BN4O2/c24-14-15-9-11-17(12-10-15)21-25-20(16-5-2-1-3-6-16)26-22(27-21)18-7-4-8-19(13-18)23(28)29/h1-13,28-29H. The van der Waals surface area contributed by atoms with Gasteiger partial charge in [-0.25, -0.2) is 15.0 Å². The first-order valence-corrected chi connectivity index (χ1v) is 8.92. The van der Waals surface area contributed by atoms with Gasteiger partial charge in [0.2, 0.25) is 0 Å². The third kappa shape index (κ3) is 4.04. The van der Waals surface area contributed by atoms with Crippen molar-refractivity contribution in [2.75, 3.05) is 0 Å². The van der Waals surface area contributed by atoms with Crippen molar-refractivity contribution in [1.82, 2.24) is 15.0 Å². The van der Waals surface area contributed by atoms with Crippen LogP contribution in [-0.4, -0.2) is 32.1 Å². The number of nitrogens with zero attached hydrogens (tertiary/aromatic N) is 4. The molecule has 0 bridgehead atoms. The van der Waals surface area contributed by atoms with Crippen LogP contribution in [0.4, 0.5) is 0 Å². The quantitative estimate of drug-likeness (QED) is 0.529. The molecule has 0 amide bonds. The molecule has 0 saturated heterocycles. The number of benzene rings is 3. The molecule has 2 N–H and O–H groups in total. The van der Waals surface area contributed by atoms with Crippen molar-refractivity contribution in [3.63, 3.8) is 0 Å². The third-order valence-electron chi connectivity index (χ3n) is 4.38. The van der Waals surface area contributed by atoms with Crippen molar-refractivity contribution in [1.29, 1.82) is 5.26 Å². The summed E-state index contributed by atoms with van der Waals surface area (Å²) in [4.78, 5) is 13.8. The number of hydrogen-bond acceptors (Lipinski definition) is 6. The van der Waals surface area contributed by atoms with Crippen LogP contribution < -0.4 is 5.46 Å². The highest BCUT2D eigenvalue weighted by molar-refractivity contribution is 6.58. The largest absolute Gasteiger partial charge is 0.488 e. The van der Waals surface area contributed by atoms with E-state index in [0.29, 0.717) is 34.1 Å². The van der Waals surface area contributed by atoms with E-state index in [2.05, 4.69) is 21.0 Å². The molecule has 0 saturated carbocycles. The fourth-order valence-corrected chi connectivity index (χ4v) is 2.88. The number of aromatic nitrogens is 3. The van der Waals surface area contributed by atoms with E-state index in [9.17, 15) is 10.0 Å². The Morgan fingerprint density at radius 1 is 0.655 bits per heavy atom. The van der Waals surface area contributed by atoms with Crippen LogP contribution in [0.3, 0.4) is 0 Å². The Balaban J connectivity index is 1.88. The molecule has 29 heavy (non-hydrogen) atoms. The highest BCUT2D eigenvalue weighted by atomic mass is 16.4. The average molecular weight is 378 g/mol. The molecule has 6 nitrogen and oxygen atoms in total. The van der Waals surface area contributed by atoms with Gasteiger partial charge in [-0.15, -0.1) is 0 Å². The van der Waals surface area contributed by atoms with E-state index in [0.717, 1.165) is 11.1 Å². The van der Waals surface area contributed by atoms with E-state index in [1.54, 1.807) is 48.5 Å². The molecule has 3 aromatic carbocycles. The normalized spacial score (nSPS) is 10.4. The minimum Gasteiger partial charge on any atom is -0.423 e. The summed E-state index contributed by atoms with van der Waals surface area (Å²) in [6.07, 6.45) is 0. The highest BCUT2D eigenvalue weighted by Crippen LogP contribution is 2.24. The fourth-order valence-electron chi connectivity index (χ4n) is 2.88. The van der Waals surface area contributed by atoms with E-state index in [1.807, 2.05) is 30.3 Å². The fraction of sp³-hybridized carbons (Fsp3) is 0. The molecule has 1 heterocycles. The summed E-state index contributed by atoms with van der Waals surface area (Å²) in [5, 5.41) is 28.0. The van der Waals surface area contributed by atoms with Gasteiger partial charge >= 0.3 is 7.12 Å². The van der Waals surface area contributed by atoms with Gasteiger partial charge in [-0.2, -0.15) is 5.26 Å². The lowest BCUT2D eigenvalue weighted by atomic mass is 9.79. The van der Waals surface area contributed by atoms with E-state index < -0.39 is 7.12 Å². The van der Waals surface area contributed by atoms with Gasteiger partial charge in [0.05, 0.1) is 11.6 Å². The number of hydrogen-bond donors (Lipinski definition) is 2. The van der Waals surface area contributed by atoms with Crippen molar-refractivity contribution in [2.24, 2.45) is 0 Å². The molecule has 4 aromatic rings. The Morgan fingerprint density at radius 3 is 1.79 bits per heavy atom. The monoisotopic (exact) mass is 378 g/mol. The van der Waals surface area contributed by atoms with Gasteiger partial charge in [-0.05, 0) is 29.7 Å². The summed E-state index contributed by atoms with van der Waals surface area (Å²) in [7, 11) is -1.58. The van der Waals surface area contributed by atoms with E-state index >= 15 is 0 Å². The molecule has 0 spiro atoms. The molecular formula is C22H15BN4O2. The van der Waals surface area contributed by atoms with Gasteiger partial charge < -0.3 is 10.0 Å². The van der Waals surface area contributed by atoms with Gasteiger partial charge in [0.1, 0.15) is 0 Å². The molecule has 4 rings (SSSR count). The van der Waals surface area contributed by atoms with E-state index in [1.165, 1.54) is 0 Å². The zero-order valence-electron chi connectivity index (χ0n) is 15.3. The third-order valence-corrected chi connectivity index (χ3v) is 4.38. The van der Waals surface area contributed by atoms with Gasteiger partial charge in [0, 0.05) is 16.7 Å². The van der Waals surface area contributed by atoms with Crippen LogP contribution in [0.1, 0.15) is 5.56 Å². The molecule has 0 atom stereocenters. The summed E-state index contributed by atoms with van der Waals surface area (Å²) in [6, 6.07) is 25.4. The van der Waals surface area contributed by atoms with Crippen LogP contribution in [0.5, 0.6) is 0 Å². The molecule has 1 aromatic heterocycles. The summed E-state index contributed by atoms with van der Waals surface area (Å²) >= 11 is 0. The van der Waals surface area contributed by atoms with Crippen molar-refractivity contribution >= 4 is 12.6 Å². The average Bonchev–Trinajstić information content (AvgIpc) is 2.79. The molecule has 0 aliphatic rings. The first-order chi connectivity index (χ1) is 14.1. The Hall–Kier alpha value is -3.86. The molecule has 0 aliphatic heterocycles. The zero-order valence-corrected chi connectivity index (χ0v) is 15.3. The van der Waals surface area contributed by atoms with Crippen LogP contribution in [0.15, 0.2) is 78.9 Å². The molecule has 138 valence electrons. The maximum Gasteiger partial charge on any atom is 0.488 e. The summed E-state index contributed by atoms with van der Waals surface area (Å²) < 4.78 is 0. The van der Waals surface area contributed by atoms with Crippen LogP contribution in [0.25, 0.3) is 34.2 Å². The predicted octanol–water partition coefficient (Wildman–Crippen LogP) is 2.42. The van der Waals surface area contributed by atoms with E-state index in [-0.39, 0.29) is 0 Å². The predicted molar refractivity (Wildman–Crippen MR) is 111 cm³/mol. The molecule has 0 aliphatic carbocycles. The van der Waals surface area contributed by atoms with Gasteiger partial charge in [-0.3, -0.25) is 0 Å². The SMILES string of the molecule is N#Cc1ccc(-c2nc(-c3ccccc3)nc(-c3cccc(B(O)O)c3)n2)cc1. The Labute approximate surface area is 168 Å². The molecule has 0 unspecified atom stereocenters. The maximum atomic E-state index is 9.49. The Kier molecular flexibility index (Phi) is 5.12. The second kappa shape index (κ2) is 8.03. The second-order valence-electron chi connectivity index (χ2n) is 6.36. The second-order valence-corrected chi connectivity index (χ2v) is 6.36. The number of rotatable bonds is 4. The first kappa shape index (κ1) is 18.5. The van der Waals surface area contributed by atoms with Crippen LogP contribution in [-0.2, 0) is 0 Å². The number of nitriles is 1. The lowest BCUT2D eigenvalue weighted by Crippen LogP contribution is -2.29. The highest BCUT2D eigenvalue weighted by Gasteiger charge is 2.15. The lowest BCUT2D eigenvalue weighted by Gasteiger charge is -2.09. The summed E-state index contributed by atoms with van der Waals surface area (Å²) in [6.45, 7) is 0.